The first kappa shape index (κ1) is 18.4. The second-order valence-corrected chi connectivity index (χ2v) is 7.20. The average molecular weight is 363 g/mol. The van der Waals surface area contributed by atoms with Gasteiger partial charge in [0.1, 0.15) is 0 Å². The number of sulfonamides is 1. The smallest absolute Gasteiger partial charge is 0.271 e. The highest BCUT2D eigenvalue weighted by Crippen LogP contribution is 2.26. The van der Waals surface area contributed by atoms with E-state index in [1.807, 2.05) is 0 Å². The van der Waals surface area contributed by atoms with Gasteiger partial charge in [0.2, 0.25) is 5.91 Å². The molecule has 0 atom stereocenters. The second-order valence-electron chi connectivity index (χ2n) is 5.52. The van der Waals surface area contributed by atoms with Crippen LogP contribution in [0.25, 0.3) is 0 Å². The van der Waals surface area contributed by atoms with Crippen molar-refractivity contribution in [2.45, 2.75) is 25.7 Å². The number of benzene rings is 2. The first-order valence-corrected chi connectivity index (χ1v) is 8.74. The molecule has 2 N–H and O–H groups in total. The number of rotatable bonds is 5. The molecule has 0 aliphatic carbocycles. The molecule has 0 bridgehead atoms. The maximum atomic E-state index is 12.6. The Labute approximate surface area is 145 Å². The van der Waals surface area contributed by atoms with E-state index in [1.54, 1.807) is 13.8 Å². The fourth-order valence-corrected chi connectivity index (χ4v) is 3.38. The van der Waals surface area contributed by atoms with Gasteiger partial charge in [-0.05, 0) is 43.2 Å². The number of nitrogens with zero attached hydrogens (tertiary/aromatic N) is 1. The van der Waals surface area contributed by atoms with Gasteiger partial charge in [-0.1, -0.05) is 6.07 Å². The second kappa shape index (κ2) is 6.89. The van der Waals surface area contributed by atoms with E-state index < -0.39 is 14.9 Å². The van der Waals surface area contributed by atoms with E-state index in [4.69, 9.17) is 0 Å². The molecule has 0 aromatic heterocycles. The molecule has 25 heavy (non-hydrogen) atoms. The summed E-state index contributed by atoms with van der Waals surface area (Å²) in [4.78, 5) is 21.4. The summed E-state index contributed by atoms with van der Waals surface area (Å²) < 4.78 is 27.5. The predicted octanol–water partition coefficient (Wildman–Crippen LogP) is 2.97. The Morgan fingerprint density at radius 3 is 2.28 bits per heavy atom. The Hall–Kier alpha value is -2.94. The third kappa shape index (κ3) is 4.32. The fraction of sp³-hybridized carbons (Fsp3) is 0.188. The standard InChI is InChI=1S/C16H17N3O5S/c1-10-4-5-13(19(21)22)9-16(10)18-25(23,24)14-6-7-15(11(2)8-14)17-12(3)20/h4-9,18H,1-3H3,(H,17,20). The lowest BCUT2D eigenvalue weighted by molar-refractivity contribution is -0.384. The summed E-state index contributed by atoms with van der Waals surface area (Å²) in [5, 5.41) is 13.5. The average Bonchev–Trinajstić information content (AvgIpc) is 2.50. The number of carbonyl (C=O) groups is 1. The molecule has 0 aliphatic heterocycles. The summed E-state index contributed by atoms with van der Waals surface area (Å²) >= 11 is 0. The molecule has 0 fully saturated rings. The number of nitrogens with one attached hydrogen (secondary N) is 2. The number of hydrogen-bond donors (Lipinski definition) is 2. The predicted molar refractivity (Wildman–Crippen MR) is 94.1 cm³/mol. The molecule has 0 saturated heterocycles. The Bertz CT molecular complexity index is 954. The lowest BCUT2D eigenvalue weighted by Gasteiger charge is -2.12. The van der Waals surface area contributed by atoms with Crippen LogP contribution in [0.2, 0.25) is 0 Å². The van der Waals surface area contributed by atoms with Crippen LogP contribution < -0.4 is 10.0 Å². The van der Waals surface area contributed by atoms with Crippen molar-refractivity contribution in [3.63, 3.8) is 0 Å². The van der Waals surface area contributed by atoms with E-state index >= 15 is 0 Å². The molecule has 8 nitrogen and oxygen atoms in total. The topological polar surface area (TPSA) is 118 Å². The van der Waals surface area contributed by atoms with Crippen LogP contribution in [0.1, 0.15) is 18.1 Å². The molecule has 132 valence electrons. The number of non-ortho nitro benzene ring substituents is 1. The molecule has 0 heterocycles. The Morgan fingerprint density at radius 1 is 1.04 bits per heavy atom. The number of amides is 1. The zero-order valence-corrected chi connectivity index (χ0v) is 14.7. The van der Waals surface area contributed by atoms with E-state index in [2.05, 4.69) is 10.0 Å². The zero-order valence-electron chi connectivity index (χ0n) is 13.9. The number of carbonyl (C=O) groups excluding carboxylic acids is 1. The molecule has 1 amide bonds. The van der Waals surface area contributed by atoms with Crippen LogP contribution in [0, 0.1) is 24.0 Å². The van der Waals surface area contributed by atoms with Gasteiger partial charge in [-0.25, -0.2) is 8.42 Å². The molecule has 0 unspecified atom stereocenters. The first-order valence-electron chi connectivity index (χ1n) is 7.26. The van der Waals surface area contributed by atoms with Crippen molar-refractivity contribution in [2.24, 2.45) is 0 Å². The maximum absolute atomic E-state index is 12.6. The fourth-order valence-electron chi connectivity index (χ4n) is 2.17. The molecule has 2 aromatic carbocycles. The van der Waals surface area contributed by atoms with Crippen molar-refractivity contribution in [1.82, 2.24) is 0 Å². The highest BCUT2D eigenvalue weighted by Gasteiger charge is 2.18. The van der Waals surface area contributed by atoms with Crippen molar-refractivity contribution < 1.29 is 18.1 Å². The number of hydrogen-bond acceptors (Lipinski definition) is 5. The summed E-state index contributed by atoms with van der Waals surface area (Å²) in [6.45, 7) is 4.67. The van der Waals surface area contributed by atoms with Crippen LogP contribution in [0.5, 0.6) is 0 Å². The minimum absolute atomic E-state index is 0.00925. The van der Waals surface area contributed by atoms with Gasteiger partial charge in [0.05, 0.1) is 15.5 Å². The van der Waals surface area contributed by atoms with Crippen LogP contribution in [-0.4, -0.2) is 19.2 Å². The monoisotopic (exact) mass is 363 g/mol. The molecular formula is C16H17N3O5S. The molecule has 2 aromatic rings. The van der Waals surface area contributed by atoms with Gasteiger partial charge in [0.25, 0.3) is 15.7 Å². The molecule has 0 radical (unpaired) electrons. The van der Waals surface area contributed by atoms with Crippen molar-refractivity contribution >= 4 is 33.0 Å². The molecule has 9 heteroatoms. The van der Waals surface area contributed by atoms with Crippen LogP contribution in [0.4, 0.5) is 17.1 Å². The van der Waals surface area contributed by atoms with Crippen molar-refractivity contribution in [3.8, 4) is 0 Å². The van der Waals surface area contributed by atoms with E-state index in [1.165, 1.54) is 43.3 Å². The quantitative estimate of drug-likeness (QED) is 0.625. The van der Waals surface area contributed by atoms with Crippen LogP contribution in [0.15, 0.2) is 41.3 Å². The van der Waals surface area contributed by atoms with Gasteiger partial charge in [-0.3, -0.25) is 19.6 Å². The minimum Gasteiger partial charge on any atom is -0.326 e. The minimum atomic E-state index is -3.93. The number of nitro benzene ring substituents is 1. The van der Waals surface area contributed by atoms with Gasteiger partial charge in [-0.2, -0.15) is 0 Å². The third-order valence-electron chi connectivity index (χ3n) is 3.50. The van der Waals surface area contributed by atoms with Gasteiger partial charge < -0.3 is 5.32 Å². The summed E-state index contributed by atoms with van der Waals surface area (Å²) in [7, 11) is -3.93. The lowest BCUT2D eigenvalue weighted by atomic mass is 10.2. The normalized spacial score (nSPS) is 11.0. The SMILES string of the molecule is CC(=O)Nc1ccc(S(=O)(=O)Nc2cc([N+](=O)[O-])ccc2C)cc1C. The summed E-state index contributed by atoms with van der Waals surface area (Å²) in [6.07, 6.45) is 0. The Kier molecular flexibility index (Phi) is 5.07. The largest absolute Gasteiger partial charge is 0.326 e. The summed E-state index contributed by atoms with van der Waals surface area (Å²) in [5.41, 5.74) is 1.57. The Balaban J connectivity index is 2.37. The third-order valence-corrected chi connectivity index (χ3v) is 4.86. The van der Waals surface area contributed by atoms with Crippen molar-refractivity contribution in [3.05, 3.63) is 57.6 Å². The summed E-state index contributed by atoms with van der Waals surface area (Å²) in [6, 6.07) is 8.21. The highest BCUT2D eigenvalue weighted by atomic mass is 32.2. The van der Waals surface area contributed by atoms with E-state index in [0.29, 0.717) is 16.8 Å². The highest BCUT2D eigenvalue weighted by molar-refractivity contribution is 7.92. The zero-order chi connectivity index (χ0) is 18.8. The van der Waals surface area contributed by atoms with Crippen molar-refractivity contribution in [1.29, 1.82) is 0 Å². The van der Waals surface area contributed by atoms with E-state index in [9.17, 15) is 23.3 Å². The Morgan fingerprint density at radius 2 is 1.72 bits per heavy atom. The summed E-state index contributed by atoms with van der Waals surface area (Å²) in [5.74, 6) is -0.260. The molecular weight excluding hydrogens is 346 g/mol. The first-order chi connectivity index (χ1) is 11.6. The molecule has 0 aliphatic rings. The van der Waals surface area contributed by atoms with Gasteiger partial charge >= 0.3 is 0 Å². The van der Waals surface area contributed by atoms with Gasteiger partial charge in [0.15, 0.2) is 0 Å². The van der Waals surface area contributed by atoms with Crippen LogP contribution in [-0.2, 0) is 14.8 Å². The number of anilines is 2. The van der Waals surface area contributed by atoms with Crippen molar-refractivity contribution in [2.75, 3.05) is 10.0 Å². The molecule has 0 spiro atoms. The van der Waals surface area contributed by atoms with Gasteiger partial charge in [-0.15, -0.1) is 0 Å². The number of aryl methyl sites for hydroxylation is 2. The van der Waals surface area contributed by atoms with E-state index in [0.717, 1.165) is 0 Å². The van der Waals surface area contributed by atoms with Gasteiger partial charge in [0, 0.05) is 24.7 Å². The van der Waals surface area contributed by atoms with Crippen LogP contribution in [0.3, 0.4) is 0 Å². The molecule has 2 rings (SSSR count). The molecule has 0 saturated carbocycles. The van der Waals surface area contributed by atoms with Crippen LogP contribution >= 0.6 is 0 Å². The maximum Gasteiger partial charge on any atom is 0.271 e. The number of nitro groups is 1. The lowest BCUT2D eigenvalue weighted by Crippen LogP contribution is -2.15. The van der Waals surface area contributed by atoms with E-state index in [-0.39, 0.29) is 22.2 Å².